The Morgan fingerprint density at radius 3 is 2.31 bits per heavy atom. The van der Waals surface area contributed by atoms with Crippen LogP contribution >= 0.6 is 0 Å². The highest BCUT2D eigenvalue weighted by Gasteiger charge is 2.40. The van der Waals surface area contributed by atoms with E-state index in [-0.39, 0.29) is 5.41 Å². The summed E-state index contributed by atoms with van der Waals surface area (Å²) >= 11 is 0. The number of carboxylic acids is 1. The lowest BCUT2D eigenvalue weighted by Crippen LogP contribution is -2.28. The third-order valence-electron chi connectivity index (χ3n) is 3.21. The Kier molecular flexibility index (Phi) is 3.34. The zero-order valence-corrected chi connectivity index (χ0v) is 8.68. The van der Waals surface area contributed by atoms with Crippen LogP contribution in [0.3, 0.4) is 0 Å². The highest BCUT2D eigenvalue weighted by molar-refractivity contribution is 5.74. The molecule has 1 rings (SSSR count). The quantitative estimate of drug-likeness (QED) is 0.729. The number of hydrogen-bond donors (Lipinski definition) is 1. The summed E-state index contributed by atoms with van der Waals surface area (Å²) in [6.45, 7) is 4.31. The number of carbonyl (C=O) groups is 1. The van der Waals surface area contributed by atoms with Crippen LogP contribution in [0.1, 0.15) is 52.4 Å². The Morgan fingerprint density at radius 2 is 1.92 bits per heavy atom. The van der Waals surface area contributed by atoms with E-state index in [0.29, 0.717) is 5.92 Å². The first-order chi connectivity index (χ1) is 6.07. The van der Waals surface area contributed by atoms with E-state index in [1.54, 1.807) is 0 Å². The van der Waals surface area contributed by atoms with Crippen LogP contribution in [0.25, 0.3) is 0 Å². The van der Waals surface area contributed by atoms with Gasteiger partial charge in [0.05, 0.1) is 5.41 Å². The molecule has 0 aromatic carbocycles. The lowest BCUT2D eigenvalue weighted by molar-refractivity contribution is -0.149. The van der Waals surface area contributed by atoms with Gasteiger partial charge in [-0.3, -0.25) is 4.79 Å². The van der Waals surface area contributed by atoms with Gasteiger partial charge in [-0.1, -0.05) is 26.7 Å². The molecule has 1 fully saturated rings. The molecule has 0 bridgehead atoms. The highest BCUT2D eigenvalue weighted by Crippen LogP contribution is 2.42. The Bertz CT molecular complexity index is 179. The molecule has 2 nitrogen and oxygen atoms in total. The molecule has 0 aromatic rings. The SMILES string of the molecule is CC(C)CCC1(C(=O)O)CCCC1. The molecule has 0 heterocycles. The van der Waals surface area contributed by atoms with Crippen molar-refractivity contribution in [2.75, 3.05) is 0 Å². The topological polar surface area (TPSA) is 37.3 Å². The molecular formula is C11H20O2. The lowest BCUT2D eigenvalue weighted by Gasteiger charge is -2.24. The van der Waals surface area contributed by atoms with Crippen molar-refractivity contribution in [3.63, 3.8) is 0 Å². The Balaban J connectivity index is 2.52. The minimum absolute atomic E-state index is 0.357. The van der Waals surface area contributed by atoms with Gasteiger partial charge in [0, 0.05) is 0 Å². The van der Waals surface area contributed by atoms with E-state index in [2.05, 4.69) is 13.8 Å². The van der Waals surface area contributed by atoms with Crippen LogP contribution in [-0.2, 0) is 4.79 Å². The molecule has 1 aliphatic rings. The fourth-order valence-corrected chi connectivity index (χ4v) is 2.19. The van der Waals surface area contributed by atoms with Crippen molar-refractivity contribution < 1.29 is 9.90 Å². The number of rotatable bonds is 4. The molecule has 0 aliphatic heterocycles. The van der Waals surface area contributed by atoms with E-state index in [1.807, 2.05) is 0 Å². The summed E-state index contributed by atoms with van der Waals surface area (Å²) in [5.41, 5.74) is -0.357. The average Bonchev–Trinajstić information content (AvgIpc) is 2.50. The molecule has 1 N–H and O–H groups in total. The molecule has 0 radical (unpaired) electrons. The predicted octanol–water partition coefficient (Wildman–Crippen LogP) is 3.07. The standard InChI is InChI=1S/C11H20O2/c1-9(2)5-8-11(10(12)13)6-3-4-7-11/h9H,3-8H2,1-2H3,(H,12,13). The lowest BCUT2D eigenvalue weighted by atomic mass is 9.80. The fraction of sp³-hybridized carbons (Fsp3) is 0.909. The van der Waals surface area contributed by atoms with Crippen LogP contribution in [0.2, 0.25) is 0 Å². The van der Waals surface area contributed by atoms with Gasteiger partial charge in [-0.25, -0.2) is 0 Å². The van der Waals surface area contributed by atoms with Crippen LogP contribution in [-0.4, -0.2) is 11.1 Å². The van der Waals surface area contributed by atoms with Gasteiger partial charge in [0.1, 0.15) is 0 Å². The molecule has 0 spiro atoms. The van der Waals surface area contributed by atoms with E-state index in [1.165, 1.54) is 0 Å². The first-order valence-corrected chi connectivity index (χ1v) is 5.30. The molecule has 76 valence electrons. The Hall–Kier alpha value is -0.530. The zero-order valence-electron chi connectivity index (χ0n) is 8.68. The summed E-state index contributed by atoms with van der Waals surface area (Å²) in [7, 11) is 0. The summed E-state index contributed by atoms with van der Waals surface area (Å²) in [4.78, 5) is 11.1. The Labute approximate surface area is 80.3 Å². The molecule has 0 amide bonds. The van der Waals surface area contributed by atoms with Crippen LogP contribution in [0.5, 0.6) is 0 Å². The predicted molar refractivity (Wildman–Crippen MR) is 52.6 cm³/mol. The van der Waals surface area contributed by atoms with E-state index in [0.717, 1.165) is 38.5 Å². The van der Waals surface area contributed by atoms with Gasteiger partial charge < -0.3 is 5.11 Å². The van der Waals surface area contributed by atoms with E-state index in [4.69, 9.17) is 0 Å². The summed E-state index contributed by atoms with van der Waals surface area (Å²) in [5.74, 6) is 0.0578. The fourth-order valence-electron chi connectivity index (χ4n) is 2.19. The maximum absolute atomic E-state index is 11.1. The summed E-state index contributed by atoms with van der Waals surface area (Å²) in [6.07, 6.45) is 5.92. The summed E-state index contributed by atoms with van der Waals surface area (Å²) in [6, 6.07) is 0. The van der Waals surface area contributed by atoms with Crippen molar-refractivity contribution in [1.82, 2.24) is 0 Å². The van der Waals surface area contributed by atoms with Crippen molar-refractivity contribution >= 4 is 5.97 Å². The van der Waals surface area contributed by atoms with Gasteiger partial charge in [-0.15, -0.1) is 0 Å². The minimum Gasteiger partial charge on any atom is -0.481 e. The molecule has 0 unspecified atom stereocenters. The van der Waals surface area contributed by atoms with Crippen LogP contribution < -0.4 is 0 Å². The molecule has 1 saturated carbocycles. The van der Waals surface area contributed by atoms with E-state index in [9.17, 15) is 9.90 Å². The smallest absolute Gasteiger partial charge is 0.309 e. The van der Waals surface area contributed by atoms with Crippen molar-refractivity contribution in [3.05, 3.63) is 0 Å². The normalized spacial score (nSPS) is 20.8. The number of aliphatic carboxylic acids is 1. The zero-order chi connectivity index (χ0) is 9.90. The van der Waals surface area contributed by atoms with E-state index >= 15 is 0 Å². The largest absolute Gasteiger partial charge is 0.481 e. The highest BCUT2D eigenvalue weighted by atomic mass is 16.4. The molecule has 13 heavy (non-hydrogen) atoms. The van der Waals surface area contributed by atoms with E-state index < -0.39 is 5.97 Å². The monoisotopic (exact) mass is 184 g/mol. The van der Waals surface area contributed by atoms with Gasteiger partial charge in [-0.2, -0.15) is 0 Å². The molecule has 2 heteroatoms. The maximum atomic E-state index is 11.1. The molecule has 1 aliphatic carbocycles. The second-order valence-corrected chi connectivity index (χ2v) is 4.73. The average molecular weight is 184 g/mol. The first-order valence-electron chi connectivity index (χ1n) is 5.30. The summed E-state index contributed by atoms with van der Waals surface area (Å²) in [5, 5.41) is 9.18. The maximum Gasteiger partial charge on any atom is 0.309 e. The van der Waals surface area contributed by atoms with Crippen molar-refractivity contribution in [1.29, 1.82) is 0 Å². The van der Waals surface area contributed by atoms with Crippen LogP contribution in [0.4, 0.5) is 0 Å². The van der Waals surface area contributed by atoms with Crippen molar-refractivity contribution in [3.8, 4) is 0 Å². The first kappa shape index (κ1) is 10.6. The van der Waals surface area contributed by atoms with Gasteiger partial charge >= 0.3 is 5.97 Å². The molecule has 0 atom stereocenters. The van der Waals surface area contributed by atoms with Crippen molar-refractivity contribution in [2.45, 2.75) is 52.4 Å². The van der Waals surface area contributed by atoms with Crippen LogP contribution in [0.15, 0.2) is 0 Å². The summed E-state index contributed by atoms with van der Waals surface area (Å²) < 4.78 is 0. The second-order valence-electron chi connectivity index (χ2n) is 4.73. The van der Waals surface area contributed by atoms with Gasteiger partial charge in [0.2, 0.25) is 0 Å². The molecule has 0 saturated heterocycles. The Morgan fingerprint density at radius 1 is 1.38 bits per heavy atom. The number of hydrogen-bond acceptors (Lipinski definition) is 1. The molecular weight excluding hydrogens is 164 g/mol. The minimum atomic E-state index is -0.564. The van der Waals surface area contributed by atoms with Gasteiger partial charge in [0.15, 0.2) is 0 Å². The van der Waals surface area contributed by atoms with Crippen LogP contribution in [0, 0.1) is 11.3 Å². The van der Waals surface area contributed by atoms with Crippen molar-refractivity contribution in [2.24, 2.45) is 11.3 Å². The third-order valence-corrected chi connectivity index (χ3v) is 3.21. The second kappa shape index (κ2) is 4.12. The molecule has 0 aromatic heterocycles. The third kappa shape index (κ3) is 2.45. The number of carboxylic acid groups (broad SMARTS) is 1. The van der Waals surface area contributed by atoms with Gasteiger partial charge in [-0.05, 0) is 31.6 Å². The van der Waals surface area contributed by atoms with Gasteiger partial charge in [0.25, 0.3) is 0 Å².